The highest BCUT2D eigenvalue weighted by Crippen LogP contribution is 2.53. The van der Waals surface area contributed by atoms with Gasteiger partial charge in [0, 0.05) is 0 Å². The quantitative estimate of drug-likeness (QED) is 0.608. The van der Waals surface area contributed by atoms with Gasteiger partial charge in [0.05, 0.1) is 0 Å². The molecule has 0 amide bonds. The Bertz CT molecular complexity index is 462. The average Bonchev–Trinajstić information content (AvgIpc) is 2.58. The molecule has 0 radical (unpaired) electrons. The molecule has 0 bridgehead atoms. The van der Waals surface area contributed by atoms with Crippen LogP contribution in [0.4, 0.5) is 0 Å². The van der Waals surface area contributed by atoms with E-state index >= 15 is 0 Å². The van der Waals surface area contributed by atoms with Gasteiger partial charge in [-0.1, -0.05) is 12.1 Å². The smallest absolute Gasteiger partial charge is 0.464 e. The maximum absolute atomic E-state index is 10.6. The summed E-state index contributed by atoms with van der Waals surface area (Å²) >= 11 is 0. The summed E-state index contributed by atoms with van der Waals surface area (Å²) in [6.07, 6.45) is 0. The number of fused-ring (bicyclic) bond motifs is 1. The second-order valence-electron chi connectivity index (χ2n) is 3.02. The second kappa shape index (κ2) is 4.18. The highest BCUT2D eigenvalue weighted by Gasteiger charge is 2.30. The molecule has 0 saturated heterocycles. The lowest BCUT2D eigenvalue weighted by Crippen LogP contribution is -2.19. The van der Waals surface area contributed by atoms with Crippen LogP contribution in [0.1, 0.15) is 6.92 Å². The van der Waals surface area contributed by atoms with E-state index in [0.717, 1.165) is 6.92 Å². The fourth-order valence-electron chi connectivity index (χ4n) is 0.997. The number of hydrogen-bond acceptors (Lipinski definition) is 6. The maximum Gasteiger partial charge on any atom is 0.464 e. The Hall–Kier alpha value is -0.880. The molecule has 16 heavy (non-hydrogen) atoms. The Morgan fingerprint density at radius 3 is 2.25 bits per heavy atom. The summed E-state index contributed by atoms with van der Waals surface area (Å²) < 4.78 is 47.1. The van der Waals surface area contributed by atoms with Crippen molar-refractivity contribution in [3.05, 3.63) is 24.3 Å². The summed E-state index contributed by atoms with van der Waals surface area (Å²) in [6, 6.07) is 6.82. The second-order valence-corrected chi connectivity index (χ2v) is 5.69. The summed E-state index contributed by atoms with van der Waals surface area (Å²) in [6.45, 7) is 1.14. The van der Waals surface area contributed by atoms with Gasteiger partial charge in [0.15, 0.2) is 16.9 Å². The molecule has 1 unspecified atom stereocenters. The van der Waals surface area contributed by atoms with E-state index in [2.05, 4.69) is 0 Å². The molecule has 2 rings (SSSR count). The summed E-state index contributed by atoms with van der Waals surface area (Å²) in [7, 11) is -6.35. The van der Waals surface area contributed by atoms with E-state index in [9.17, 15) is 13.0 Å². The van der Waals surface area contributed by atoms with Gasteiger partial charge in [-0.15, -0.1) is 0 Å². The molecule has 1 heterocycles. The molecule has 1 aliphatic rings. The molecule has 88 valence electrons. The van der Waals surface area contributed by atoms with E-state index in [0.29, 0.717) is 11.5 Å². The van der Waals surface area contributed by atoms with Gasteiger partial charge in [-0.3, -0.25) is 4.52 Å². The molecule has 6 nitrogen and oxygen atoms in total. The minimum atomic E-state index is -4.49. The zero-order valence-electron chi connectivity index (χ0n) is 8.19. The highest BCUT2D eigenvalue weighted by atomic mass is 32.2. The first kappa shape index (κ1) is 11.6. The van der Waals surface area contributed by atoms with Crippen LogP contribution in [-0.4, -0.2) is 18.4 Å². The van der Waals surface area contributed by atoms with E-state index in [4.69, 9.17) is 13.6 Å². The molecule has 8 heteroatoms. The topological polar surface area (TPSA) is 84.9 Å². The van der Waals surface area contributed by atoms with Crippen LogP contribution in [-0.2, 0) is 14.6 Å². The first-order chi connectivity index (χ1) is 7.47. The van der Waals surface area contributed by atoms with Crippen LogP contribution >= 0.6 is 8.60 Å². The van der Waals surface area contributed by atoms with Crippen molar-refractivity contribution in [3.8, 4) is 11.5 Å². The Morgan fingerprint density at radius 1 is 1.31 bits per heavy atom. The van der Waals surface area contributed by atoms with Gasteiger partial charge in [-0.05, 0) is 19.1 Å². The van der Waals surface area contributed by atoms with E-state index in [1.165, 1.54) is 0 Å². The first-order valence-electron chi connectivity index (χ1n) is 4.33. The number of para-hydroxylation sites is 2. The molecule has 0 aliphatic carbocycles. The highest BCUT2D eigenvalue weighted by molar-refractivity contribution is 7.86. The Balaban J connectivity index is 2.03. The van der Waals surface area contributed by atoms with Crippen LogP contribution in [0.15, 0.2) is 24.3 Å². The number of rotatable bonds is 3. The lowest BCUT2D eigenvalue weighted by molar-refractivity contribution is 0.248. The van der Waals surface area contributed by atoms with Crippen molar-refractivity contribution in [1.29, 1.82) is 0 Å². The minimum absolute atomic E-state index is 0.476. The molecule has 1 aromatic carbocycles. The Kier molecular flexibility index (Phi) is 3.03. The van der Waals surface area contributed by atoms with Gasteiger partial charge in [0.1, 0.15) is 10.1 Å². The molecule has 0 aromatic heterocycles. The van der Waals surface area contributed by atoms with Crippen LogP contribution in [0.3, 0.4) is 0 Å². The zero-order valence-corrected chi connectivity index (χ0v) is 9.90. The average molecular weight is 263 g/mol. The standard InChI is InChI=1S/C8H9O6PS/c1-6(16(9,10)11)12-15-13-7-4-2-3-5-8(7)14-15/h2-6H,1H3,(H,9,10,11)/p-1. The van der Waals surface area contributed by atoms with Gasteiger partial charge < -0.3 is 13.6 Å². The SMILES string of the molecule is CC(OP1Oc2ccccc2O1)S(=O)(=O)[O-]. The molecule has 0 N–H and O–H groups in total. The molecule has 1 aliphatic heterocycles. The third-order valence-electron chi connectivity index (χ3n) is 1.84. The van der Waals surface area contributed by atoms with Crippen molar-refractivity contribution >= 4 is 18.7 Å². The van der Waals surface area contributed by atoms with Crippen LogP contribution in [0.2, 0.25) is 0 Å². The Labute approximate surface area is 93.9 Å². The van der Waals surface area contributed by atoms with Crippen molar-refractivity contribution in [2.24, 2.45) is 0 Å². The Morgan fingerprint density at radius 2 is 1.81 bits per heavy atom. The monoisotopic (exact) mass is 263 g/mol. The van der Waals surface area contributed by atoms with Crippen LogP contribution in [0.5, 0.6) is 11.5 Å². The first-order valence-corrected chi connectivity index (χ1v) is 6.90. The molecular formula is C8H8O6PS-. The van der Waals surface area contributed by atoms with Gasteiger partial charge in [0.25, 0.3) is 0 Å². The molecule has 0 fully saturated rings. The summed E-state index contributed by atoms with van der Waals surface area (Å²) in [5, 5.41) is 0. The van der Waals surface area contributed by atoms with Gasteiger partial charge in [0.2, 0.25) is 0 Å². The molecule has 1 aromatic rings. The van der Waals surface area contributed by atoms with Crippen molar-refractivity contribution in [3.63, 3.8) is 0 Å². The van der Waals surface area contributed by atoms with Crippen molar-refractivity contribution in [1.82, 2.24) is 0 Å². The summed E-state index contributed by atoms with van der Waals surface area (Å²) in [5.74, 6) is 0.952. The predicted octanol–water partition coefficient (Wildman–Crippen LogP) is 1.59. The van der Waals surface area contributed by atoms with Crippen molar-refractivity contribution in [2.75, 3.05) is 0 Å². The van der Waals surface area contributed by atoms with Gasteiger partial charge >= 0.3 is 8.60 Å². The fraction of sp³-hybridized carbons (Fsp3) is 0.250. The largest absolute Gasteiger partial charge is 0.746 e. The van der Waals surface area contributed by atoms with Crippen LogP contribution in [0.25, 0.3) is 0 Å². The number of benzene rings is 1. The van der Waals surface area contributed by atoms with E-state index in [1.807, 2.05) is 0 Å². The van der Waals surface area contributed by atoms with Gasteiger partial charge in [-0.2, -0.15) is 0 Å². The predicted molar refractivity (Wildman–Crippen MR) is 54.9 cm³/mol. The van der Waals surface area contributed by atoms with Crippen molar-refractivity contribution in [2.45, 2.75) is 12.4 Å². The van der Waals surface area contributed by atoms with E-state index in [1.54, 1.807) is 24.3 Å². The lowest BCUT2D eigenvalue weighted by Gasteiger charge is -2.17. The third-order valence-corrected chi connectivity index (χ3v) is 4.07. The summed E-state index contributed by atoms with van der Waals surface area (Å²) in [4.78, 5) is 0. The molecule has 0 saturated carbocycles. The normalized spacial score (nSPS) is 17.4. The maximum atomic E-state index is 10.6. The van der Waals surface area contributed by atoms with E-state index in [-0.39, 0.29) is 0 Å². The van der Waals surface area contributed by atoms with Crippen LogP contribution < -0.4 is 9.05 Å². The van der Waals surface area contributed by atoms with Gasteiger partial charge in [-0.25, -0.2) is 8.42 Å². The van der Waals surface area contributed by atoms with Crippen LogP contribution in [0, 0.1) is 0 Å². The minimum Gasteiger partial charge on any atom is -0.746 e. The molecule has 1 atom stereocenters. The number of hydrogen-bond donors (Lipinski definition) is 0. The lowest BCUT2D eigenvalue weighted by atomic mass is 10.3. The molecule has 0 spiro atoms. The fourth-order valence-corrected chi connectivity index (χ4v) is 2.62. The van der Waals surface area contributed by atoms with Crippen molar-refractivity contribution < 1.29 is 26.5 Å². The molecular weight excluding hydrogens is 255 g/mol. The summed E-state index contributed by atoms with van der Waals surface area (Å²) in [5.41, 5.74) is -1.49. The van der Waals surface area contributed by atoms with E-state index < -0.39 is 24.2 Å². The zero-order chi connectivity index (χ0) is 11.8. The third kappa shape index (κ3) is 2.44.